The number of rotatable bonds is 2. The molecule has 0 nitrogen and oxygen atoms in total. The Bertz CT molecular complexity index is 266. The van der Waals surface area contributed by atoms with Gasteiger partial charge in [-0.05, 0) is 18.1 Å². The third-order valence-corrected chi connectivity index (χ3v) is 2.54. The summed E-state index contributed by atoms with van der Waals surface area (Å²) in [4.78, 5) is 1.88. The lowest BCUT2D eigenvalue weighted by atomic mass is 10.1. The van der Waals surface area contributed by atoms with Gasteiger partial charge in [-0.25, -0.2) is 0 Å². The number of thiol groups is 2. The fourth-order valence-electron chi connectivity index (χ4n) is 0.898. The molecule has 0 amide bonds. The largest absolute Gasteiger partial charge is 0.142 e. The van der Waals surface area contributed by atoms with E-state index in [2.05, 4.69) is 31.8 Å². The first-order valence-electron chi connectivity index (χ1n) is 3.36. The second-order valence-electron chi connectivity index (χ2n) is 2.28. The lowest BCUT2D eigenvalue weighted by Gasteiger charge is -2.03. The van der Waals surface area contributed by atoms with E-state index in [9.17, 15) is 0 Å². The van der Waals surface area contributed by atoms with Crippen LogP contribution < -0.4 is 0 Å². The summed E-state index contributed by atoms with van der Waals surface area (Å²) in [5.41, 5.74) is 1.18. The SMILES string of the molecule is C=CCc1cccc(S)c1S. The van der Waals surface area contributed by atoms with Crippen LogP contribution in [0.15, 0.2) is 40.6 Å². The Morgan fingerprint density at radius 3 is 2.73 bits per heavy atom. The molecule has 0 bridgehead atoms. The summed E-state index contributed by atoms with van der Waals surface area (Å²) in [5.74, 6) is 0. The van der Waals surface area contributed by atoms with Crippen LogP contribution in [-0.4, -0.2) is 0 Å². The van der Waals surface area contributed by atoms with Crippen LogP contribution in [0, 0.1) is 0 Å². The summed E-state index contributed by atoms with van der Waals surface area (Å²) in [6, 6.07) is 5.93. The molecular formula is C9H10S2. The molecule has 0 aromatic heterocycles. The Morgan fingerprint density at radius 1 is 1.36 bits per heavy atom. The Kier molecular flexibility index (Phi) is 3.09. The first-order chi connectivity index (χ1) is 5.25. The third-order valence-electron chi connectivity index (χ3n) is 1.46. The van der Waals surface area contributed by atoms with E-state index in [-0.39, 0.29) is 0 Å². The number of benzene rings is 1. The topological polar surface area (TPSA) is 0 Å². The normalized spacial score (nSPS) is 9.64. The van der Waals surface area contributed by atoms with Crippen molar-refractivity contribution in [3.63, 3.8) is 0 Å². The van der Waals surface area contributed by atoms with E-state index >= 15 is 0 Å². The van der Waals surface area contributed by atoms with Gasteiger partial charge < -0.3 is 0 Å². The van der Waals surface area contributed by atoms with Crippen molar-refractivity contribution in [2.75, 3.05) is 0 Å². The molecule has 1 aromatic rings. The molecular weight excluding hydrogens is 172 g/mol. The van der Waals surface area contributed by atoms with Crippen molar-refractivity contribution >= 4 is 25.3 Å². The highest BCUT2D eigenvalue weighted by molar-refractivity contribution is 7.83. The second kappa shape index (κ2) is 3.88. The lowest BCUT2D eigenvalue weighted by molar-refractivity contribution is 1.11. The van der Waals surface area contributed by atoms with Gasteiger partial charge in [-0.15, -0.1) is 31.8 Å². The van der Waals surface area contributed by atoms with Crippen molar-refractivity contribution in [3.8, 4) is 0 Å². The number of hydrogen-bond donors (Lipinski definition) is 2. The molecule has 0 aliphatic carbocycles. The molecule has 0 fully saturated rings. The first kappa shape index (κ1) is 8.75. The predicted molar refractivity (Wildman–Crippen MR) is 54.8 cm³/mol. The van der Waals surface area contributed by atoms with Crippen LogP contribution >= 0.6 is 25.3 Å². The first-order valence-corrected chi connectivity index (χ1v) is 4.26. The fraction of sp³-hybridized carbons (Fsp3) is 0.111. The Morgan fingerprint density at radius 2 is 2.09 bits per heavy atom. The molecule has 0 radical (unpaired) electrons. The van der Waals surface area contributed by atoms with Crippen molar-refractivity contribution in [3.05, 3.63) is 36.4 Å². The summed E-state index contributed by atoms with van der Waals surface area (Å²) in [7, 11) is 0. The van der Waals surface area contributed by atoms with E-state index in [0.29, 0.717) is 0 Å². The van der Waals surface area contributed by atoms with E-state index in [0.717, 1.165) is 16.2 Å². The van der Waals surface area contributed by atoms with Crippen molar-refractivity contribution in [1.82, 2.24) is 0 Å². The molecule has 0 heterocycles. The lowest BCUT2D eigenvalue weighted by Crippen LogP contribution is -1.83. The molecule has 0 saturated heterocycles. The molecule has 0 aliphatic rings. The van der Waals surface area contributed by atoms with Crippen molar-refractivity contribution < 1.29 is 0 Å². The van der Waals surface area contributed by atoms with Crippen molar-refractivity contribution in [2.24, 2.45) is 0 Å². The van der Waals surface area contributed by atoms with E-state index < -0.39 is 0 Å². The van der Waals surface area contributed by atoms with Crippen molar-refractivity contribution in [1.29, 1.82) is 0 Å². The summed E-state index contributed by atoms with van der Waals surface area (Å²) in [6.07, 6.45) is 2.72. The molecule has 1 aromatic carbocycles. The maximum Gasteiger partial charge on any atom is 0.0209 e. The van der Waals surface area contributed by atoms with Gasteiger partial charge in [-0.2, -0.15) is 0 Å². The highest BCUT2D eigenvalue weighted by Crippen LogP contribution is 2.22. The molecule has 0 N–H and O–H groups in total. The van der Waals surface area contributed by atoms with Gasteiger partial charge in [-0.3, -0.25) is 0 Å². The van der Waals surface area contributed by atoms with Crippen LogP contribution in [0.5, 0.6) is 0 Å². The van der Waals surface area contributed by atoms with Gasteiger partial charge >= 0.3 is 0 Å². The average molecular weight is 182 g/mol. The highest BCUT2D eigenvalue weighted by atomic mass is 32.1. The van der Waals surface area contributed by atoms with E-state index in [1.54, 1.807) is 0 Å². The predicted octanol–water partition coefficient (Wildman–Crippen LogP) is 2.99. The number of allylic oxidation sites excluding steroid dienone is 1. The van der Waals surface area contributed by atoms with Gasteiger partial charge in [-0.1, -0.05) is 18.2 Å². The zero-order chi connectivity index (χ0) is 8.27. The molecule has 0 spiro atoms. The number of hydrogen-bond acceptors (Lipinski definition) is 2. The van der Waals surface area contributed by atoms with Gasteiger partial charge in [0.1, 0.15) is 0 Å². The summed E-state index contributed by atoms with van der Waals surface area (Å²) < 4.78 is 0. The molecule has 2 heteroatoms. The van der Waals surface area contributed by atoms with E-state index in [1.807, 2.05) is 24.3 Å². The van der Waals surface area contributed by atoms with Gasteiger partial charge in [0.2, 0.25) is 0 Å². The molecule has 0 aliphatic heterocycles. The van der Waals surface area contributed by atoms with Crippen LogP contribution in [0.2, 0.25) is 0 Å². The summed E-state index contributed by atoms with van der Waals surface area (Å²) >= 11 is 8.57. The summed E-state index contributed by atoms with van der Waals surface area (Å²) in [5, 5.41) is 0. The Balaban J connectivity index is 3.05. The van der Waals surface area contributed by atoms with Crippen LogP contribution in [-0.2, 0) is 6.42 Å². The third kappa shape index (κ3) is 2.04. The Labute approximate surface area is 78.1 Å². The minimum Gasteiger partial charge on any atom is -0.142 e. The maximum absolute atomic E-state index is 4.32. The molecule has 0 unspecified atom stereocenters. The standard InChI is InChI=1S/C9H10S2/c1-2-4-7-5-3-6-8(10)9(7)11/h2-3,5-6,10-11H,1,4H2. The minimum absolute atomic E-state index is 0.854. The molecule has 0 atom stereocenters. The smallest absolute Gasteiger partial charge is 0.0209 e. The van der Waals surface area contributed by atoms with E-state index in [1.165, 1.54) is 5.56 Å². The monoisotopic (exact) mass is 182 g/mol. The zero-order valence-corrected chi connectivity index (χ0v) is 7.91. The van der Waals surface area contributed by atoms with Crippen LogP contribution in [0.3, 0.4) is 0 Å². The zero-order valence-electron chi connectivity index (χ0n) is 6.12. The fourth-order valence-corrected chi connectivity index (χ4v) is 1.37. The Hall–Kier alpha value is -0.340. The molecule has 58 valence electrons. The van der Waals surface area contributed by atoms with Gasteiger partial charge in [0, 0.05) is 9.79 Å². The van der Waals surface area contributed by atoms with Crippen LogP contribution in [0.4, 0.5) is 0 Å². The quantitative estimate of drug-likeness (QED) is 0.510. The van der Waals surface area contributed by atoms with Gasteiger partial charge in [0.25, 0.3) is 0 Å². The van der Waals surface area contributed by atoms with Crippen LogP contribution in [0.25, 0.3) is 0 Å². The van der Waals surface area contributed by atoms with Gasteiger partial charge in [0.05, 0.1) is 0 Å². The van der Waals surface area contributed by atoms with Crippen LogP contribution in [0.1, 0.15) is 5.56 Å². The minimum atomic E-state index is 0.854. The maximum atomic E-state index is 4.32. The molecule has 0 saturated carbocycles. The van der Waals surface area contributed by atoms with Crippen molar-refractivity contribution in [2.45, 2.75) is 16.2 Å². The highest BCUT2D eigenvalue weighted by Gasteiger charge is 1.98. The second-order valence-corrected chi connectivity index (χ2v) is 3.21. The summed E-state index contributed by atoms with van der Waals surface area (Å²) in [6.45, 7) is 3.67. The molecule has 11 heavy (non-hydrogen) atoms. The van der Waals surface area contributed by atoms with E-state index in [4.69, 9.17) is 0 Å². The van der Waals surface area contributed by atoms with Gasteiger partial charge in [0.15, 0.2) is 0 Å². The molecule has 1 rings (SSSR count). The average Bonchev–Trinajstić information content (AvgIpc) is 1.99.